The van der Waals surface area contributed by atoms with Gasteiger partial charge in [0.15, 0.2) is 11.6 Å². The van der Waals surface area contributed by atoms with Crippen molar-refractivity contribution < 1.29 is 17.9 Å². The standard InChI is InChI=1S/C25H33F3O/c1-3-5-6-8-19-13-14-20-15-21(24(27)25(28)22(20)23(19)26)29-16-18-11-9-17(7-4-2)10-12-18/h13-15,17-18H,3-12,16H2,1-2H3. The summed E-state index contributed by atoms with van der Waals surface area (Å²) in [5.41, 5.74) is 0.446. The minimum Gasteiger partial charge on any atom is -0.490 e. The van der Waals surface area contributed by atoms with Crippen LogP contribution in [0.15, 0.2) is 18.2 Å². The van der Waals surface area contributed by atoms with Crippen molar-refractivity contribution in [2.45, 2.75) is 78.1 Å². The van der Waals surface area contributed by atoms with Gasteiger partial charge in [0.05, 0.1) is 12.0 Å². The maximum atomic E-state index is 14.8. The smallest absolute Gasteiger partial charge is 0.201 e. The van der Waals surface area contributed by atoms with Crippen LogP contribution in [0.2, 0.25) is 0 Å². The van der Waals surface area contributed by atoms with Gasteiger partial charge in [-0.2, -0.15) is 4.39 Å². The third kappa shape index (κ3) is 5.26. The van der Waals surface area contributed by atoms with E-state index in [1.54, 1.807) is 12.1 Å². The Morgan fingerprint density at radius 1 is 0.862 bits per heavy atom. The Hall–Kier alpha value is -1.71. The highest BCUT2D eigenvalue weighted by Crippen LogP contribution is 2.35. The first-order chi connectivity index (χ1) is 14.0. The fraction of sp³-hybridized carbons (Fsp3) is 0.600. The summed E-state index contributed by atoms with van der Waals surface area (Å²) in [6, 6.07) is 4.80. The summed E-state index contributed by atoms with van der Waals surface area (Å²) in [6.45, 7) is 4.67. The average Bonchev–Trinajstić information content (AvgIpc) is 2.72. The fourth-order valence-corrected chi connectivity index (χ4v) is 4.57. The van der Waals surface area contributed by atoms with Crippen LogP contribution >= 0.6 is 0 Å². The van der Waals surface area contributed by atoms with Gasteiger partial charge in [0, 0.05) is 0 Å². The number of aryl methyl sites for hydroxylation is 1. The SMILES string of the molecule is CCCCCc1ccc2cc(OCC3CCC(CCC)CC3)c(F)c(F)c2c1F. The lowest BCUT2D eigenvalue weighted by atomic mass is 9.80. The largest absolute Gasteiger partial charge is 0.490 e. The minimum absolute atomic E-state index is 0.108. The summed E-state index contributed by atoms with van der Waals surface area (Å²) in [5.74, 6) is -1.81. The van der Waals surface area contributed by atoms with Crippen molar-refractivity contribution in [3.63, 3.8) is 0 Å². The van der Waals surface area contributed by atoms with Crippen molar-refractivity contribution in [3.8, 4) is 5.75 Å². The Morgan fingerprint density at radius 3 is 2.28 bits per heavy atom. The van der Waals surface area contributed by atoms with Crippen molar-refractivity contribution in [3.05, 3.63) is 41.2 Å². The molecule has 1 nitrogen and oxygen atoms in total. The first-order valence-electron chi connectivity index (χ1n) is 11.3. The zero-order valence-electron chi connectivity index (χ0n) is 17.7. The third-order valence-corrected chi connectivity index (χ3v) is 6.36. The second kappa shape index (κ2) is 10.4. The molecule has 1 aliphatic rings. The van der Waals surface area contributed by atoms with E-state index >= 15 is 0 Å². The van der Waals surface area contributed by atoms with Gasteiger partial charge in [-0.3, -0.25) is 0 Å². The van der Waals surface area contributed by atoms with Gasteiger partial charge in [0.25, 0.3) is 0 Å². The molecule has 0 atom stereocenters. The van der Waals surface area contributed by atoms with Gasteiger partial charge in [-0.15, -0.1) is 0 Å². The lowest BCUT2D eigenvalue weighted by molar-refractivity contribution is 0.173. The molecular formula is C25H33F3O. The summed E-state index contributed by atoms with van der Waals surface area (Å²) < 4.78 is 49.8. The van der Waals surface area contributed by atoms with Crippen LogP contribution in [0.4, 0.5) is 13.2 Å². The Kier molecular flexibility index (Phi) is 7.85. The predicted octanol–water partition coefficient (Wildman–Crippen LogP) is 7.98. The van der Waals surface area contributed by atoms with Gasteiger partial charge >= 0.3 is 0 Å². The van der Waals surface area contributed by atoms with E-state index in [9.17, 15) is 13.2 Å². The van der Waals surface area contributed by atoms with E-state index in [-0.39, 0.29) is 11.1 Å². The van der Waals surface area contributed by atoms with Gasteiger partial charge in [0.2, 0.25) is 5.82 Å². The van der Waals surface area contributed by atoms with Crippen LogP contribution in [0.1, 0.15) is 77.2 Å². The molecule has 0 aromatic heterocycles. The monoisotopic (exact) mass is 406 g/mol. The molecular weight excluding hydrogens is 373 g/mol. The van der Waals surface area contributed by atoms with Crippen LogP contribution < -0.4 is 4.74 Å². The number of benzene rings is 2. The highest BCUT2D eigenvalue weighted by atomic mass is 19.2. The molecule has 160 valence electrons. The molecule has 0 N–H and O–H groups in total. The molecule has 0 saturated heterocycles. The highest BCUT2D eigenvalue weighted by molar-refractivity contribution is 5.86. The number of unbranched alkanes of at least 4 members (excludes halogenated alkanes) is 2. The average molecular weight is 407 g/mol. The van der Waals surface area contributed by atoms with Crippen LogP contribution in [-0.4, -0.2) is 6.61 Å². The van der Waals surface area contributed by atoms with E-state index in [0.29, 0.717) is 29.9 Å². The third-order valence-electron chi connectivity index (χ3n) is 6.36. The molecule has 0 aliphatic heterocycles. The topological polar surface area (TPSA) is 9.23 Å². The quantitative estimate of drug-likeness (QED) is 0.384. The Bertz CT molecular complexity index is 810. The number of fused-ring (bicyclic) bond motifs is 1. The maximum Gasteiger partial charge on any atom is 0.201 e. The van der Waals surface area contributed by atoms with Crippen LogP contribution in [0, 0.1) is 29.3 Å². The minimum atomic E-state index is -1.14. The normalized spacial score (nSPS) is 19.6. The van der Waals surface area contributed by atoms with E-state index in [2.05, 4.69) is 13.8 Å². The molecule has 0 amide bonds. The number of halogens is 3. The molecule has 0 radical (unpaired) electrons. The number of rotatable bonds is 9. The van der Waals surface area contributed by atoms with Crippen LogP contribution in [0.3, 0.4) is 0 Å². The first kappa shape index (κ1) is 22.0. The lowest BCUT2D eigenvalue weighted by Crippen LogP contribution is -2.20. The fourth-order valence-electron chi connectivity index (χ4n) is 4.57. The molecule has 1 aliphatic carbocycles. The predicted molar refractivity (Wildman–Crippen MR) is 113 cm³/mol. The van der Waals surface area contributed by atoms with Crippen LogP contribution in [-0.2, 0) is 6.42 Å². The molecule has 0 unspecified atom stereocenters. The molecule has 2 aromatic rings. The second-order valence-electron chi connectivity index (χ2n) is 8.58. The Balaban J connectivity index is 1.71. The summed E-state index contributed by atoms with van der Waals surface area (Å²) in [7, 11) is 0. The zero-order valence-corrected chi connectivity index (χ0v) is 17.7. The second-order valence-corrected chi connectivity index (χ2v) is 8.58. The van der Waals surface area contributed by atoms with E-state index in [0.717, 1.165) is 38.0 Å². The van der Waals surface area contributed by atoms with Crippen molar-refractivity contribution >= 4 is 10.8 Å². The number of hydrogen-bond donors (Lipinski definition) is 0. The zero-order chi connectivity index (χ0) is 20.8. The van der Waals surface area contributed by atoms with Crippen molar-refractivity contribution in [1.29, 1.82) is 0 Å². The first-order valence-corrected chi connectivity index (χ1v) is 11.3. The van der Waals surface area contributed by atoms with Crippen LogP contribution in [0.25, 0.3) is 10.8 Å². The van der Waals surface area contributed by atoms with Crippen molar-refractivity contribution in [2.75, 3.05) is 6.61 Å². The highest BCUT2D eigenvalue weighted by Gasteiger charge is 2.23. The van der Waals surface area contributed by atoms with Gasteiger partial charge in [-0.25, -0.2) is 8.78 Å². The van der Waals surface area contributed by atoms with E-state index in [1.807, 2.05) is 0 Å². The molecule has 2 aromatic carbocycles. The van der Waals surface area contributed by atoms with Crippen molar-refractivity contribution in [1.82, 2.24) is 0 Å². The van der Waals surface area contributed by atoms with Gasteiger partial charge in [-0.05, 0) is 54.5 Å². The summed E-state index contributed by atoms with van der Waals surface area (Å²) in [5, 5.41) is 0.0891. The Labute approximate surface area is 172 Å². The Morgan fingerprint density at radius 2 is 1.59 bits per heavy atom. The molecule has 3 rings (SSSR count). The number of ether oxygens (including phenoxy) is 1. The van der Waals surface area contributed by atoms with E-state index < -0.39 is 17.5 Å². The molecule has 0 heterocycles. The lowest BCUT2D eigenvalue weighted by Gasteiger charge is -2.28. The van der Waals surface area contributed by atoms with Gasteiger partial charge in [-0.1, -0.05) is 64.5 Å². The molecule has 0 bridgehead atoms. The van der Waals surface area contributed by atoms with E-state index in [1.165, 1.54) is 31.7 Å². The number of hydrogen-bond acceptors (Lipinski definition) is 1. The van der Waals surface area contributed by atoms with Gasteiger partial charge < -0.3 is 4.74 Å². The molecule has 29 heavy (non-hydrogen) atoms. The molecule has 1 fully saturated rings. The van der Waals surface area contributed by atoms with Crippen LogP contribution in [0.5, 0.6) is 5.75 Å². The molecule has 0 spiro atoms. The maximum absolute atomic E-state index is 14.8. The van der Waals surface area contributed by atoms with Crippen molar-refractivity contribution in [2.24, 2.45) is 11.8 Å². The van der Waals surface area contributed by atoms with E-state index in [4.69, 9.17) is 4.74 Å². The summed E-state index contributed by atoms with van der Waals surface area (Å²) in [6.07, 6.45) is 10.4. The molecule has 1 saturated carbocycles. The summed E-state index contributed by atoms with van der Waals surface area (Å²) >= 11 is 0. The van der Waals surface area contributed by atoms with Gasteiger partial charge in [0.1, 0.15) is 5.82 Å². The summed E-state index contributed by atoms with van der Waals surface area (Å²) in [4.78, 5) is 0. The molecule has 4 heteroatoms.